The number of hydrogen-bond donors (Lipinski definition) is 2. The predicted octanol–water partition coefficient (Wildman–Crippen LogP) is 2.90. The van der Waals surface area contributed by atoms with Crippen LogP contribution in [-0.2, 0) is 11.8 Å². The van der Waals surface area contributed by atoms with Crippen LogP contribution in [0, 0.1) is 0 Å². The van der Waals surface area contributed by atoms with E-state index in [1.54, 1.807) is 6.07 Å². The summed E-state index contributed by atoms with van der Waals surface area (Å²) in [5.41, 5.74) is 2.53. The molecule has 0 aliphatic heterocycles. The summed E-state index contributed by atoms with van der Waals surface area (Å²) < 4.78 is 0. The number of phenolic OH excluding ortho intramolecular Hbond substituents is 1. The van der Waals surface area contributed by atoms with E-state index >= 15 is 0 Å². The van der Waals surface area contributed by atoms with Gasteiger partial charge in [-0.1, -0.05) is 25.3 Å². The molecule has 1 spiro atoms. The first-order chi connectivity index (χ1) is 8.22. The topological polar surface area (TPSA) is 40.5 Å². The summed E-state index contributed by atoms with van der Waals surface area (Å²) in [6.45, 7) is 0. The van der Waals surface area contributed by atoms with E-state index in [9.17, 15) is 10.2 Å². The number of phenols is 1. The standard InChI is InChI=1S/C15H20O2/c16-12-5-6-13-11(10-12)4-7-14(17)15(13)8-2-1-3-9-15/h5-6,10,14,16-17H,1-4,7-9H2. The summed E-state index contributed by atoms with van der Waals surface area (Å²) in [6.07, 6.45) is 7.48. The van der Waals surface area contributed by atoms with Crippen molar-refractivity contribution in [3.8, 4) is 5.75 Å². The molecule has 0 aromatic heterocycles. The molecule has 2 N–H and O–H groups in total. The van der Waals surface area contributed by atoms with Gasteiger partial charge in [-0.25, -0.2) is 0 Å². The van der Waals surface area contributed by atoms with Crippen molar-refractivity contribution < 1.29 is 10.2 Å². The maximum absolute atomic E-state index is 10.4. The molecule has 17 heavy (non-hydrogen) atoms. The van der Waals surface area contributed by atoms with Crippen LogP contribution in [0.4, 0.5) is 0 Å². The van der Waals surface area contributed by atoms with Gasteiger partial charge in [-0.2, -0.15) is 0 Å². The molecule has 1 atom stereocenters. The van der Waals surface area contributed by atoms with Gasteiger partial charge in [0, 0.05) is 5.41 Å². The molecule has 2 nitrogen and oxygen atoms in total. The number of aliphatic hydroxyl groups is 1. The largest absolute Gasteiger partial charge is 0.508 e. The van der Waals surface area contributed by atoms with E-state index in [1.165, 1.54) is 30.4 Å². The van der Waals surface area contributed by atoms with Crippen LogP contribution in [-0.4, -0.2) is 16.3 Å². The van der Waals surface area contributed by atoms with Gasteiger partial charge in [-0.15, -0.1) is 0 Å². The number of aliphatic hydroxyl groups excluding tert-OH is 1. The predicted molar refractivity (Wildman–Crippen MR) is 67.2 cm³/mol. The monoisotopic (exact) mass is 232 g/mol. The van der Waals surface area contributed by atoms with Gasteiger partial charge in [-0.05, 0) is 48.9 Å². The first-order valence-electron chi connectivity index (χ1n) is 6.73. The Hall–Kier alpha value is -1.02. The minimum absolute atomic E-state index is 0.0144. The van der Waals surface area contributed by atoms with Crippen LogP contribution in [0.2, 0.25) is 0 Å². The minimum atomic E-state index is -0.195. The molecule has 92 valence electrons. The molecule has 0 bridgehead atoms. The first kappa shape index (κ1) is 11.1. The highest BCUT2D eigenvalue weighted by Gasteiger charge is 2.43. The summed E-state index contributed by atoms with van der Waals surface area (Å²) >= 11 is 0. The van der Waals surface area contributed by atoms with Crippen LogP contribution in [0.5, 0.6) is 5.75 Å². The smallest absolute Gasteiger partial charge is 0.115 e. The fraction of sp³-hybridized carbons (Fsp3) is 0.600. The van der Waals surface area contributed by atoms with Gasteiger partial charge in [0.15, 0.2) is 0 Å². The highest BCUT2D eigenvalue weighted by Crippen LogP contribution is 2.48. The van der Waals surface area contributed by atoms with E-state index in [2.05, 4.69) is 0 Å². The Balaban J connectivity index is 2.09. The van der Waals surface area contributed by atoms with Crippen LogP contribution in [0.3, 0.4) is 0 Å². The Bertz CT molecular complexity index is 419. The molecule has 0 amide bonds. The van der Waals surface area contributed by atoms with Gasteiger partial charge in [-0.3, -0.25) is 0 Å². The molecule has 0 radical (unpaired) electrons. The first-order valence-corrected chi connectivity index (χ1v) is 6.73. The van der Waals surface area contributed by atoms with Crippen molar-refractivity contribution >= 4 is 0 Å². The average Bonchev–Trinajstić information content (AvgIpc) is 2.35. The Morgan fingerprint density at radius 2 is 1.88 bits per heavy atom. The number of aryl methyl sites for hydroxylation is 1. The van der Waals surface area contributed by atoms with Gasteiger partial charge in [0.1, 0.15) is 5.75 Å². The van der Waals surface area contributed by atoms with Crippen molar-refractivity contribution in [3.63, 3.8) is 0 Å². The molecule has 1 aromatic carbocycles. The van der Waals surface area contributed by atoms with Gasteiger partial charge in [0.05, 0.1) is 6.10 Å². The van der Waals surface area contributed by atoms with Gasteiger partial charge < -0.3 is 10.2 Å². The highest BCUT2D eigenvalue weighted by atomic mass is 16.3. The van der Waals surface area contributed by atoms with Crippen LogP contribution in [0.1, 0.15) is 49.7 Å². The third-order valence-electron chi connectivity index (χ3n) is 4.70. The lowest BCUT2D eigenvalue weighted by Crippen LogP contribution is -2.44. The fourth-order valence-electron chi connectivity index (χ4n) is 3.81. The second kappa shape index (κ2) is 4.02. The van der Waals surface area contributed by atoms with Crippen molar-refractivity contribution in [2.24, 2.45) is 0 Å². The van der Waals surface area contributed by atoms with E-state index in [0.29, 0.717) is 5.75 Å². The lowest BCUT2D eigenvalue weighted by atomic mass is 9.61. The second-order valence-electron chi connectivity index (χ2n) is 5.61. The number of benzene rings is 1. The maximum atomic E-state index is 10.4. The number of aromatic hydroxyl groups is 1. The maximum Gasteiger partial charge on any atom is 0.115 e. The average molecular weight is 232 g/mol. The molecular weight excluding hydrogens is 212 g/mol. The molecular formula is C15H20O2. The summed E-state index contributed by atoms with van der Waals surface area (Å²) in [5.74, 6) is 0.353. The van der Waals surface area contributed by atoms with E-state index in [0.717, 1.165) is 25.7 Å². The Labute approximate surface area is 102 Å². The van der Waals surface area contributed by atoms with Crippen LogP contribution < -0.4 is 0 Å². The molecule has 2 aliphatic carbocycles. The molecule has 1 fully saturated rings. The Morgan fingerprint density at radius 3 is 2.65 bits per heavy atom. The molecule has 0 heterocycles. The highest BCUT2D eigenvalue weighted by molar-refractivity contribution is 5.43. The quantitative estimate of drug-likeness (QED) is 0.722. The van der Waals surface area contributed by atoms with Crippen molar-refractivity contribution in [2.45, 2.75) is 56.5 Å². The van der Waals surface area contributed by atoms with Crippen molar-refractivity contribution in [2.75, 3.05) is 0 Å². The zero-order chi connectivity index (χ0) is 11.9. The summed E-state index contributed by atoms with van der Waals surface area (Å²) in [6, 6.07) is 5.70. The third-order valence-corrected chi connectivity index (χ3v) is 4.70. The third kappa shape index (κ3) is 1.66. The van der Waals surface area contributed by atoms with Crippen molar-refractivity contribution in [3.05, 3.63) is 29.3 Å². The van der Waals surface area contributed by atoms with Crippen molar-refractivity contribution in [1.29, 1.82) is 0 Å². The normalized spacial score (nSPS) is 26.8. The molecule has 1 saturated carbocycles. The van der Waals surface area contributed by atoms with E-state index in [1.807, 2.05) is 12.1 Å². The minimum Gasteiger partial charge on any atom is -0.508 e. The number of fused-ring (bicyclic) bond motifs is 2. The Kier molecular flexibility index (Phi) is 2.62. The summed E-state index contributed by atoms with van der Waals surface area (Å²) in [7, 11) is 0. The number of rotatable bonds is 0. The SMILES string of the molecule is Oc1ccc2c(c1)CCC(O)C21CCCCC1. The molecule has 3 rings (SSSR count). The van der Waals surface area contributed by atoms with E-state index < -0.39 is 0 Å². The molecule has 0 saturated heterocycles. The number of hydrogen-bond acceptors (Lipinski definition) is 2. The lowest BCUT2D eigenvalue weighted by molar-refractivity contribution is 0.0389. The van der Waals surface area contributed by atoms with Crippen LogP contribution >= 0.6 is 0 Å². The molecule has 2 heteroatoms. The summed E-state index contributed by atoms with van der Waals surface area (Å²) in [4.78, 5) is 0. The molecule has 1 aromatic rings. The summed E-state index contributed by atoms with van der Waals surface area (Å²) in [5, 5.41) is 20.0. The van der Waals surface area contributed by atoms with Crippen molar-refractivity contribution in [1.82, 2.24) is 0 Å². The molecule has 1 unspecified atom stereocenters. The zero-order valence-corrected chi connectivity index (χ0v) is 10.2. The van der Waals surface area contributed by atoms with Gasteiger partial charge in [0.2, 0.25) is 0 Å². The van der Waals surface area contributed by atoms with Crippen LogP contribution in [0.25, 0.3) is 0 Å². The van der Waals surface area contributed by atoms with E-state index in [4.69, 9.17) is 0 Å². The van der Waals surface area contributed by atoms with Crippen LogP contribution in [0.15, 0.2) is 18.2 Å². The Morgan fingerprint density at radius 1 is 1.12 bits per heavy atom. The van der Waals surface area contributed by atoms with Gasteiger partial charge >= 0.3 is 0 Å². The van der Waals surface area contributed by atoms with Gasteiger partial charge in [0.25, 0.3) is 0 Å². The zero-order valence-electron chi connectivity index (χ0n) is 10.2. The second-order valence-corrected chi connectivity index (χ2v) is 5.61. The van der Waals surface area contributed by atoms with E-state index in [-0.39, 0.29) is 11.5 Å². The fourth-order valence-corrected chi connectivity index (χ4v) is 3.81. The molecule has 2 aliphatic rings. The lowest BCUT2D eigenvalue weighted by Gasteiger charge is -2.45.